The Morgan fingerprint density at radius 3 is 2.73 bits per heavy atom. The first-order valence-corrected chi connectivity index (χ1v) is 8.60. The Morgan fingerprint density at radius 1 is 1.27 bits per heavy atom. The molecule has 0 bridgehead atoms. The van der Waals surface area contributed by atoms with Crippen molar-refractivity contribution in [3.8, 4) is 0 Å². The molecule has 116 valence electrons. The van der Waals surface area contributed by atoms with E-state index in [-0.39, 0.29) is 12.0 Å². The molecule has 1 aromatic carbocycles. The largest absolute Gasteiger partial charge is 0.378 e. The third-order valence-electron chi connectivity index (χ3n) is 3.97. The molecule has 4 nitrogen and oxygen atoms in total. The van der Waals surface area contributed by atoms with E-state index in [4.69, 9.17) is 4.74 Å². The summed E-state index contributed by atoms with van der Waals surface area (Å²) in [6.07, 6.45) is 3.02. The maximum absolute atomic E-state index is 12.2. The summed E-state index contributed by atoms with van der Waals surface area (Å²) >= 11 is 1.46. The standard InChI is InChI=1S/C17H20N2O2S/c20-17(16-12-22-13-18-16)19-9-6-15(7-10-19)21-11-8-14-4-2-1-3-5-14/h1-5,12-13,15H,6-11H2. The molecule has 22 heavy (non-hydrogen) atoms. The number of carbonyl (C=O) groups excluding carboxylic acids is 1. The van der Waals surface area contributed by atoms with Crippen LogP contribution in [0.3, 0.4) is 0 Å². The number of hydrogen-bond acceptors (Lipinski definition) is 4. The molecule has 1 aliphatic rings. The average molecular weight is 316 g/mol. The Morgan fingerprint density at radius 2 is 2.05 bits per heavy atom. The van der Waals surface area contributed by atoms with Crippen molar-refractivity contribution in [2.75, 3.05) is 19.7 Å². The molecule has 0 unspecified atom stereocenters. The molecule has 1 aliphatic heterocycles. The van der Waals surface area contributed by atoms with Gasteiger partial charge in [-0.1, -0.05) is 30.3 Å². The van der Waals surface area contributed by atoms with E-state index >= 15 is 0 Å². The molecule has 1 saturated heterocycles. The van der Waals surface area contributed by atoms with Crippen molar-refractivity contribution in [3.63, 3.8) is 0 Å². The van der Waals surface area contributed by atoms with Gasteiger partial charge in [-0.2, -0.15) is 0 Å². The molecule has 5 heteroatoms. The number of thiazole rings is 1. The number of aromatic nitrogens is 1. The molecule has 0 saturated carbocycles. The van der Waals surface area contributed by atoms with Crippen LogP contribution in [0, 0.1) is 0 Å². The molecule has 2 heterocycles. The van der Waals surface area contributed by atoms with Crippen molar-refractivity contribution in [2.45, 2.75) is 25.4 Å². The van der Waals surface area contributed by atoms with Crippen LogP contribution in [0.2, 0.25) is 0 Å². The summed E-state index contributed by atoms with van der Waals surface area (Å²) in [4.78, 5) is 18.2. The van der Waals surface area contributed by atoms with Gasteiger partial charge in [0.1, 0.15) is 5.69 Å². The monoisotopic (exact) mass is 316 g/mol. The van der Waals surface area contributed by atoms with Gasteiger partial charge in [0, 0.05) is 18.5 Å². The highest BCUT2D eigenvalue weighted by Gasteiger charge is 2.24. The number of benzene rings is 1. The van der Waals surface area contributed by atoms with Crippen LogP contribution in [0.1, 0.15) is 28.9 Å². The SMILES string of the molecule is O=C(c1cscn1)N1CCC(OCCc2ccccc2)CC1. The normalized spacial score (nSPS) is 15.9. The lowest BCUT2D eigenvalue weighted by atomic mass is 10.1. The van der Waals surface area contributed by atoms with Gasteiger partial charge in [-0.15, -0.1) is 11.3 Å². The lowest BCUT2D eigenvalue weighted by molar-refractivity contribution is 0.00990. The molecule has 2 aromatic rings. The second kappa shape index (κ2) is 7.51. The zero-order chi connectivity index (χ0) is 15.2. The predicted octanol–water partition coefficient (Wildman–Crippen LogP) is 3.01. The molecule has 0 atom stereocenters. The predicted molar refractivity (Wildman–Crippen MR) is 87.1 cm³/mol. The van der Waals surface area contributed by atoms with Gasteiger partial charge in [-0.3, -0.25) is 4.79 Å². The van der Waals surface area contributed by atoms with E-state index in [0.717, 1.165) is 39.0 Å². The van der Waals surface area contributed by atoms with E-state index in [9.17, 15) is 4.79 Å². The van der Waals surface area contributed by atoms with Gasteiger partial charge >= 0.3 is 0 Å². The van der Waals surface area contributed by atoms with Crippen LogP contribution in [-0.2, 0) is 11.2 Å². The minimum absolute atomic E-state index is 0.0454. The summed E-state index contributed by atoms with van der Waals surface area (Å²) < 4.78 is 5.95. The molecule has 0 aliphatic carbocycles. The number of likely N-dealkylation sites (tertiary alicyclic amines) is 1. The number of ether oxygens (including phenoxy) is 1. The Labute approximate surface area is 134 Å². The van der Waals surface area contributed by atoms with Crippen molar-refractivity contribution in [1.82, 2.24) is 9.88 Å². The van der Waals surface area contributed by atoms with Crippen molar-refractivity contribution in [2.24, 2.45) is 0 Å². The highest BCUT2D eigenvalue weighted by molar-refractivity contribution is 7.07. The zero-order valence-electron chi connectivity index (χ0n) is 12.5. The van der Waals surface area contributed by atoms with Gasteiger partial charge in [0.25, 0.3) is 5.91 Å². The summed E-state index contributed by atoms with van der Waals surface area (Å²) in [5.41, 5.74) is 3.57. The van der Waals surface area contributed by atoms with Crippen LogP contribution in [-0.4, -0.2) is 41.6 Å². The molecule has 1 aromatic heterocycles. The van der Waals surface area contributed by atoms with Gasteiger partial charge < -0.3 is 9.64 Å². The van der Waals surface area contributed by atoms with E-state index in [1.54, 1.807) is 5.51 Å². The number of rotatable bonds is 5. The first-order valence-electron chi connectivity index (χ1n) is 7.66. The molecular weight excluding hydrogens is 296 g/mol. The van der Waals surface area contributed by atoms with Crippen LogP contribution in [0.25, 0.3) is 0 Å². The smallest absolute Gasteiger partial charge is 0.273 e. The number of piperidine rings is 1. The Bertz CT molecular complexity index is 578. The van der Waals surface area contributed by atoms with E-state index in [0.29, 0.717) is 5.69 Å². The number of amides is 1. The average Bonchev–Trinajstić information content (AvgIpc) is 3.10. The second-order valence-electron chi connectivity index (χ2n) is 5.47. The fourth-order valence-electron chi connectivity index (χ4n) is 2.69. The molecule has 3 rings (SSSR count). The Kier molecular flexibility index (Phi) is 5.19. The summed E-state index contributed by atoms with van der Waals surface area (Å²) in [6, 6.07) is 10.4. The number of nitrogens with zero attached hydrogens (tertiary/aromatic N) is 2. The maximum atomic E-state index is 12.2. The first kappa shape index (κ1) is 15.2. The lowest BCUT2D eigenvalue weighted by Gasteiger charge is -2.31. The third-order valence-corrected chi connectivity index (χ3v) is 4.55. The molecular formula is C17H20N2O2S. The zero-order valence-corrected chi connectivity index (χ0v) is 13.3. The van der Waals surface area contributed by atoms with Gasteiger partial charge in [-0.25, -0.2) is 4.98 Å². The van der Waals surface area contributed by atoms with E-state index < -0.39 is 0 Å². The second-order valence-corrected chi connectivity index (χ2v) is 6.19. The van der Waals surface area contributed by atoms with Crippen molar-refractivity contribution < 1.29 is 9.53 Å². The van der Waals surface area contributed by atoms with Crippen LogP contribution < -0.4 is 0 Å². The molecule has 0 spiro atoms. The van der Waals surface area contributed by atoms with Crippen LogP contribution in [0.4, 0.5) is 0 Å². The maximum Gasteiger partial charge on any atom is 0.273 e. The van der Waals surface area contributed by atoms with Crippen LogP contribution in [0.15, 0.2) is 41.2 Å². The highest BCUT2D eigenvalue weighted by atomic mass is 32.1. The summed E-state index contributed by atoms with van der Waals surface area (Å²) in [7, 11) is 0. The van der Waals surface area contributed by atoms with Crippen LogP contribution >= 0.6 is 11.3 Å². The van der Waals surface area contributed by atoms with Gasteiger partial charge in [0.05, 0.1) is 18.2 Å². The number of carbonyl (C=O) groups is 1. The van der Waals surface area contributed by atoms with Crippen molar-refractivity contribution in [1.29, 1.82) is 0 Å². The van der Waals surface area contributed by atoms with Gasteiger partial charge in [0.2, 0.25) is 0 Å². The molecule has 0 N–H and O–H groups in total. The van der Waals surface area contributed by atoms with E-state index in [1.807, 2.05) is 16.3 Å². The number of hydrogen-bond donors (Lipinski definition) is 0. The van der Waals surface area contributed by atoms with Gasteiger partial charge in [0.15, 0.2) is 0 Å². The molecule has 1 fully saturated rings. The first-order chi connectivity index (χ1) is 10.8. The Hall–Kier alpha value is -1.72. The molecule has 0 radical (unpaired) electrons. The lowest BCUT2D eigenvalue weighted by Crippen LogP contribution is -2.41. The van der Waals surface area contributed by atoms with Gasteiger partial charge in [-0.05, 0) is 24.8 Å². The van der Waals surface area contributed by atoms with Crippen LogP contribution in [0.5, 0.6) is 0 Å². The quantitative estimate of drug-likeness (QED) is 0.851. The molecule has 1 amide bonds. The fraction of sp³-hybridized carbons (Fsp3) is 0.412. The Balaban J connectivity index is 1.39. The summed E-state index contributed by atoms with van der Waals surface area (Å²) in [5, 5.41) is 1.81. The minimum Gasteiger partial charge on any atom is -0.378 e. The highest BCUT2D eigenvalue weighted by Crippen LogP contribution is 2.17. The fourth-order valence-corrected chi connectivity index (χ4v) is 3.22. The van der Waals surface area contributed by atoms with E-state index in [1.165, 1.54) is 16.9 Å². The van der Waals surface area contributed by atoms with Crippen molar-refractivity contribution >= 4 is 17.2 Å². The summed E-state index contributed by atoms with van der Waals surface area (Å²) in [6.45, 7) is 2.26. The van der Waals surface area contributed by atoms with Crippen molar-refractivity contribution in [3.05, 3.63) is 52.5 Å². The minimum atomic E-state index is 0.0454. The topological polar surface area (TPSA) is 42.4 Å². The summed E-state index contributed by atoms with van der Waals surface area (Å²) in [5.74, 6) is 0.0454. The van der Waals surface area contributed by atoms with E-state index in [2.05, 4.69) is 29.2 Å². The third kappa shape index (κ3) is 3.93.